The SMILES string of the molecule is CC(N)CCS(=O)Cc1cncc(Br)c1. The van der Waals surface area contributed by atoms with E-state index in [1.54, 1.807) is 12.4 Å². The van der Waals surface area contributed by atoms with Crippen LogP contribution < -0.4 is 5.73 Å². The molecule has 0 aliphatic carbocycles. The highest BCUT2D eigenvalue weighted by atomic mass is 79.9. The Morgan fingerprint density at radius 3 is 2.93 bits per heavy atom. The predicted octanol–water partition coefficient (Wildman–Crippen LogP) is 1.83. The van der Waals surface area contributed by atoms with E-state index in [0.29, 0.717) is 11.5 Å². The van der Waals surface area contributed by atoms with Crippen molar-refractivity contribution in [1.82, 2.24) is 4.98 Å². The highest BCUT2D eigenvalue weighted by molar-refractivity contribution is 9.10. The molecule has 0 amide bonds. The Hall–Kier alpha value is -0.260. The van der Waals surface area contributed by atoms with Gasteiger partial charge in [-0.25, -0.2) is 0 Å². The van der Waals surface area contributed by atoms with Crippen molar-refractivity contribution in [3.8, 4) is 0 Å². The molecular formula is C10H15BrN2OS. The predicted molar refractivity (Wildman–Crippen MR) is 66.9 cm³/mol. The summed E-state index contributed by atoms with van der Waals surface area (Å²) in [7, 11) is -0.841. The van der Waals surface area contributed by atoms with Gasteiger partial charge in [-0.3, -0.25) is 9.19 Å². The van der Waals surface area contributed by atoms with Crippen LogP contribution in [0.2, 0.25) is 0 Å². The van der Waals surface area contributed by atoms with E-state index in [0.717, 1.165) is 16.5 Å². The molecule has 2 atom stereocenters. The molecule has 2 unspecified atom stereocenters. The van der Waals surface area contributed by atoms with Crippen molar-refractivity contribution in [2.24, 2.45) is 5.73 Å². The maximum atomic E-state index is 11.6. The van der Waals surface area contributed by atoms with Crippen LogP contribution in [0.25, 0.3) is 0 Å². The van der Waals surface area contributed by atoms with Crippen LogP contribution in [-0.4, -0.2) is 21.0 Å². The second-order valence-electron chi connectivity index (χ2n) is 3.57. The lowest BCUT2D eigenvalue weighted by Gasteiger charge is -2.05. The van der Waals surface area contributed by atoms with Crippen molar-refractivity contribution >= 4 is 26.7 Å². The van der Waals surface area contributed by atoms with Crippen LogP contribution in [-0.2, 0) is 16.6 Å². The Morgan fingerprint density at radius 2 is 2.33 bits per heavy atom. The van der Waals surface area contributed by atoms with Crippen molar-refractivity contribution in [3.05, 3.63) is 28.5 Å². The van der Waals surface area contributed by atoms with Gasteiger partial charge in [-0.2, -0.15) is 0 Å². The number of pyridine rings is 1. The Labute approximate surface area is 101 Å². The second kappa shape index (κ2) is 6.35. The van der Waals surface area contributed by atoms with E-state index in [9.17, 15) is 4.21 Å². The molecule has 0 saturated heterocycles. The summed E-state index contributed by atoms with van der Waals surface area (Å²) in [6, 6.07) is 2.06. The summed E-state index contributed by atoms with van der Waals surface area (Å²) in [5.41, 5.74) is 6.60. The minimum absolute atomic E-state index is 0.120. The van der Waals surface area contributed by atoms with Gasteiger partial charge in [0.05, 0.1) is 5.75 Å². The monoisotopic (exact) mass is 290 g/mol. The average molecular weight is 291 g/mol. The van der Waals surface area contributed by atoms with Crippen LogP contribution in [0.1, 0.15) is 18.9 Å². The third-order valence-electron chi connectivity index (χ3n) is 1.89. The van der Waals surface area contributed by atoms with E-state index in [2.05, 4.69) is 20.9 Å². The molecule has 1 aromatic rings. The Morgan fingerprint density at radius 1 is 1.60 bits per heavy atom. The van der Waals surface area contributed by atoms with Gasteiger partial charge in [-0.05, 0) is 40.9 Å². The van der Waals surface area contributed by atoms with E-state index in [-0.39, 0.29) is 6.04 Å². The van der Waals surface area contributed by atoms with Gasteiger partial charge in [0, 0.05) is 39.5 Å². The average Bonchev–Trinajstić information content (AvgIpc) is 2.15. The Balaban J connectivity index is 2.44. The number of aromatic nitrogens is 1. The number of hydrogen-bond donors (Lipinski definition) is 1. The fraction of sp³-hybridized carbons (Fsp3) is 0.500. The molecule has 0 radical (unpaired) electrons. The van der Waals surface area contributed by atoms with Crippen LogP contribution in [0.15, 0.2) is 22.9 Å². The first-order valence-corrected chi connectivity index (χ1v) is 7.06. The molecule has 5 heteroatoms. The van der Waals surface area contributed by atoms with Crippen LogP contribution in [0, 0.1) is 0 Å². The van der Waals surface area contributed by atoms with Gasteiger partial charge >= 0.3 is 0 Å². The molecule has 2 N–H and O–H groups in total. The fourth-order valence-electron chi connectivity index (χ4n) is 1.11. The summed E-state index contributed by atoms with van der Waals surface area (Å²) in [6.07, 6.45) is 4.26. The number of halogens is 1. The van der Waals surface area contributed by atoms with Crippen LogP contribution in [0.3, 0.4) is 0 Å². The van der Waals surface area contributed by atoms with Crippen molar-refractivity contribution in [1.29, 1.82) is 0 Å². The normalized spacial score (nSPS) is 14.9. The molecule has 1 rings (SSSR count). The third kappa shape index (κ3) is 5.39. The third-order valence-corrected chi connectivity index (χ3v) is 3.67. The zero-order valence-corrected chi connectivity index (χ0v) is 11.1. The highest BCUT2D eigenvalue weighted by Crippen LogP contribution is 2.11. The van der Waals surface area contributed by atoms with Crippen molar-refractivity contribution in [3.63, 3.8) is 0 Å². The van der Waals surface area contributed by atoms with Gasteiger partial charge in [-0.15, -0.1) is 0 Å². The van der Waals surface area contributed by atoms with Crippen LogP contribution in [0.5, 0.6) is 0 Å². The smallest absolute Gasteiger partial charge is 0.0501 e. The van der Waals surface area contributed by atoms with E-state index in [4.69, 9.17) is 5.73 Å². The van der Waals surface area contributed by atoms with E-state index >= 15 is 0 Å². The van der Waals surface area contributed by atoms with Crippen molar-refractivity contribution < 1.29 is 4.21 Å². The molecule has 1 heterocycles. The number of hydrogen-bond acceptors (Lipinski definition) is 3. The summed E-state index contributed by atoms with van der Waals surface area (Å²) in [5, 5.41) is 0. The molecule has 0 saturated carbocycles. The number of nitrogens with zero attached hydrogens (tertiary/aromatic N) is 1. The lowest BCUT2D eigenvalue weighted by Crippen LogP contribution is -2.18. The van der Waals surface area contributed by atoms with Crippen LogP contribution in [0.4, 0.5) is 0 Å². The van der Waals surface area contributed by atoms with Crippen molar-refractivity contribution in [2.75, 3.05) is 5.75 Å². The summed E-state index contributed by atoms with van der Waals surface area (Å²) in [4.78, 5) is 4.03. The van der Waals surface area contributed by atoms with E-state index in [1.807, 2.05) is 13.0 Å². The zero-order valence-electron chi connectivity index (χ0n) is 8.65. The molecule has 0 aliphatic heterocycles. The maximum absolute atomic E-state index is 11.6. The lowest BCUT2D eigenvalue weighted by atomic mass is 10.3. The summed E-state index contributed by atoms with van der Waals surface area (Å²) >= 11 is 3.33. The first-order valence-electron chi connectivity index (χ1n) is 4.78. The molecule has 0 spiro atoms. The largest absolute Gasteiger partial charge is 0.328 e. The Bertz CT molecular complexity index is 344. The maximum Gasteiger partial charge on any atom is 0.0501 e. The van der Waals surface area contributed by atoms with Gasteiger partial charge < -0.3 is 5.73 Å². The first-order chi connectivity index (χ1) is 7.08. The number of nitrogens with two attached hydrogens (primary N) is 1. The Kier molecular flexibility index (Phi) is 5.42. The van der Waals surface area contributed by atoms with Crippen molar-refractivity contribution in [2.45, 2.75) is 25.1 Å². The minimum atomic E-state index is -0.841. The molecule has 0 aliphatic rings. The topological polar surface area (TPSA) is 56.0 Å². The highest BCUT2D eigenvalue weighted by Gasteiger charge is 2.04. The molecule has 15 heavy (non-hydrogen) atoms. The minimum Gasteiger partial charge on any atom is -0.328 e. The van der Waals surface area contributed by atoms with Gasteiger partial charge in [-0.1, -0.05) is 0 Å². The standard InChI is InChI=1S/C10H15BrN2OS/c1-8(12)2-3-15(14)7-9-4-10(11)6-13-5-9/h4-6,8H,2-3,7,12H2,1H3. The summed E-state index contributed by atoms with van der Waals surface area (Å²) < 4.78 is 12.6. The first kappa shape index (κ1) is 12.8. The summed E-state index contributed by atoms with van der Waals surface area (Å²) in [5.74, 6) is 1.21. The number of rotatable bonds is 5. The molecule has 84 valence electrons. The molecule has 0 aromatic carbocycles. The molecule has 3 nitrogen and oxygen atoms in total. The van der Waals surface area contributed by atoms with E-state index < -0.39 is 10.8 Å². The summed E-state index contributed by atoms with van der Waals surface area (Å²) in [6.45, 7) is 1.93. The fourth-order valence-corrected chi connectivity index (χ4v) is 2.83. The molecule has 0 bridgehead atoms. The quantitative estimate of drug-likeness (QED) is 0.900. The van der Waals surface area contributed by atoms with E-state index in [1.165, 1.54) is 0 Å². The lowest BCUT2D eigenvalue weighted by molar-refractivity contribution is 0.667. The molecular weight excluding hydrogens is 276 g/mol. The van der Waals surface area contributed by atoms with Gasteiger partial charge in [0.15, 0.2) is 0 Å². The molecule has 1 aromatic heterocycles. The van der Waals surface area contributed by atoms with Gasteiger partial charge in [0.2, 0.25) is 0 Å². The van der Waals surface area contributed by atoms with Gasteiger partial charge in [0.25, 0.3) is 0 Å². The second-order valence-corrected chi connectivity index (χ2v) is 6.06. The zero-order chi connectivity index (χ0) is 11.3. The van der Waals surface area contributed by atoms with Crippen LogP contribution >= 0.6 is 15.9 Å². The van der Waals surface area contributed by atoms with Gasteiger partial charge in [0.1, 0.15) is 0 Å². The molecule has 0 fully saturated rings.